The van der Waals surface area contributed by atoms with Crippen molar-refractivity contribution in [1.29, 1.82) is 0 Å². The van der Waals surface area contributed by atoms with Crippen molar-refractivity contribution in [3.63, 3.8) is 0 Å². The average Bonchev–Trinajstić information content (AvgIpc) is 1.99. The van der Waals surface area contributed by atoms with E-state index in [4.69, 9.17) is 28.4 Å². The van der Waals surface area contributed by atoms with E-state index in [0.717, 1.165) is 51.9 Å². The Bertz CT molecular complexity index is 1720. The standard InChI is InChI=1S/C61H114N2O21/c1-4-6-8-10-12-14-16-17-18-19-20-21-22-23-24-25-27-29-31-33-35-48(71)63-42(43(68)34-32-30-28-26-15-13-11-9-7-5-2)40-79-58-53(75)52(74)55(47(39-66)81-58)82-59-54(76)57(51(73)46(38-65)80-59)84-61(60(77)78)36-44(69)49(62-41(3)67)56(83-61)50(72)45(70)37-64/h42-47,49-59,64-66,68-70,72-76H,4-40H2,1-3H3,(H,62,67)(H,63,71)(H,77,78). The molecule has 0 bridgehead atoms. The Hall–Kier alpha value is -2.27. The molecule has 3 rings (SSSR count). The Morgan fingerprint density at radius 3 is 1.49 bits per heavy atom. The molecule has 3 saturated heterocycles. The van der Waals surface area contributed by atoms with Crippen molar-refractivity contribution in [2.45, 2.75) is 342 Å². The maximum absolute atomic E-state index is 13.4. The van der Waals surface area contributed by atoms with Crippen LogP contribution in [0.3, 0.4) is 0 Å². The lowest BCUT2D eigenvalue weighted by Gasteiger charge is -2.50. The minimum Gasteiger partial charge on any atom is -0.477 e. The lowest BCUT2D eigenvalue weighted by molar-refractivity contribution is -0.386. The monoisotopic (exact) mass is 1210 g/mol. The zero-order valence-electron chi connectivity index (χ0n) is 51.0. The number of hydrogen-bond donors (Lipinski definition) is 14. The summed E-state index contributed by atoms with van der Waals surface area (Å²) < 4.78 is 34.7. The number of nitrogens with one attached hydrogen (secondary N) is 2. The van der Waals surface area contributed by atoms with Gasteiger partial charge in [0.15, 0.2) is 12.6 Å². The zero-order chi connectivity index (χ0) is 61.9. The number of carboxylic acid groups (broad SMARTS) is 1. The minimum atomic E-state index is -3.07. The highest BCUT2D eigenvalue weighted by molar-refractivity contribution is 5.77. The van der Waals surface area contributed by atoms with E-state index < -0.39 is 148 Å². The molecule has 0 saturated carbocycles. The molecule has 23 nitrogen and oxygen atoms in total. The predicted molar refractivity (Wildman–Crippen MR) is 311 cm³/mol. The molecule has 3 aliphatic heterocycles. The van der Waals surface area contributed by atoms with Gasteiger partial charge in [0.25, 0.3) is 5.79 Å². The van der Waals surface area contributed by atoms with Crippen LogP contribution in [0, 0.1) is 0 Å². The molecule has 14 N–H and O–H groups in total. The van der Waals surface area contributed by atoms with Crippen LogP contribution in [0.15, 0.2) is 0 Å². The van der Waals surface area contributed by atoms with Crippen molar-refractivity contribution in [2.24, 2.45) is 0 Å². The summed E-state index contributed by atoms with van der Waals surface area (Å²) in [5.74, 6) is -6.09. The van der Waals surface area contributed by atoms with Crippen LogP contribution in [0.2, 0.25) is 0 Å². The molecule has 23 heteroatoms. The second kappa shape index (κ2) is 43.4. The Balaban J connectivity index is 1.59. The number of aliphatic hydroxyl groups excluding tert-OH is 11. The third-order valence-electron chi connectivity index (χ3n) is 16.8. The summed E-state index contributed by atoms with van der Waals surface area (Å²) in [6.07, 6.45) is 7.09. The van der Waals surface area contributed by atoms with E-state index in [9.17, 15) is 75.7 Å². The fourth-order valence-corrected chi connectivity index (χ4v) is 11.6. The number of ether oxygens (including phenoxy) is 6. The van der Waals surface area contributed by atoms with Gasteiger partial charge in [-0.25, -0.2) is 4.79 Å². The van der Waals surface area contributed by atoms with Crippen LogP contribution in [-0.4, -0.2) is 215 Å². The first-order valence-electron chi connectivity index (χ1n) is 32.4. The highest BCUT2D eigenvalue weighted by atomic mass is 16.8. The van der Waals surface area contributed by atoms with E-state index in [1.807, 2.05) is 0 Å². The molecule has 0 radical (unpaired) electrons. The lowest BCUT2D eigenvalue weighted by Crippen LogP contribution is -2.70. The van der Waals surface area contributed by atoms with Crippen LogP contribution in [0.25, 0.3) is 0 Å². The maximum atomic E-state index is 13.4. The number of aliphatic hydroxyl groups is 11. The Kier molecular flexibility index (Phi) is 39.3. The Labute approximate surface area is 499 Å². The molecule has 3 aliphatic rings. The summed E-state index contributed by atoms with van der Waals surface area (Å²) in [6.45, 7) is 2.17. The number of hydrogen-bond acceptors (Lipinski definition) is 20. The van der Waals surface area contributed by atoms with Crippen molar-refractivity contribution in [1.82, 2.24) is 10.6 Å². The largest absolute Gasteiger partial charge is 0.477 e. The number of unbranched alkanes of at least 4 members (excludes halogenated alkanes) is 28. The molecular weight excluding hydrogens is 1100 g/mol. The van der Waals surface area contributed by atoms with Gasteiger partial charge in [0.2, 0.25) is 11.8 Å². The minimum absolute atomic E-state index is 0.228. The quantitative estimate of drug-likeness (QED) is 0.0380. The van der Waals surface area contributed by atoms with Crippen LogP contribution in [0.5, 0.6) is 0 Å². The van der Waals surface area contributed by atoms with Crippen LogP contribution in [0.1, 0.15) is 233 Å². The van der Waals surface area contributed by atoms with Gasteiger partial charge in [-0.1, -0.05) is 200 Å². The van der Waals surface area contributed by atoms with Crippen molar-refractivity contribution >= 4 is 17.8 Å². The van der Waals surface area contributed by atoms with Crippen molar-refractivity contribution in [3.05, 3.63) is 0 Å². The van der Waals surface area contributed by atoms with Gasteiger partial charge < -0.3 is 100 Å². The van der Waals surface area contributed by atoms with Gasteiger partial charge in [-0.3, -0.25) is 9.59 Å². The number of carbonyl (C=O) groups is 3. The summed E-state index contributed by atoms with van der Waals surface area (Å²) in [5, 5.41) is 136. The van der Waals surface area contributed by atoms with Gasteiger partial charge in [0, 0.05) is 19.8 Å². The average molecular weight is 1210 g/mol. The summed E-state index contributed by atoms with van der Waals surface area (Å²) in [6, 6.07) is -2.52. The van der Waals surface area contributed by atoms with Gasteiger partial charge in [-0.05, 0) is 12.8 Å². The SMILES string of the molecule is CCCCCCCCCCCCCCCCCCCCCCC(=O)NC(COC1OC(CO)C(OC2OC(CO)C(O)C(OC3(C(=O)O)CC(O)C(NC(C)=O)C(C(O)C(O)CO)O3)C2O)C(O)C1O)C(O)CCCCCCCCCCCC. The molecule has 3 heterocycles. The van der Waals surface area contributed by atoms with Gasteiger partial charge in [-0.2, -0.15) is 0 Å². The highest BCUT2D eigenvalue weighted by Gasteiger charge is 2.60. The fourth-order valence-electron chi connectivity index (χ4n) is 11.6. The van der Waals surface area contributed by atoms with Gasteiger partial charge >= 0.3 is 5.97 Å². The Morgan fingerprint density at radius 2 is 1.04 bits per heavy atom. The number of aliphatic carboxylic acids is 1. The molecule has 0 aliphatic carbocycles. The van der Waals surface area contributed by atoms with Gasteiger partial charge in [-0.15, -0.1) is 0 Å². The highest BCUT2D eigenvalue weighted by Crippen LogP contribution is 2.38. The molecule has 18 atom stereocenters. The third kappa shape index (κ3) is 26.8. The van der Waals surface area contributed by atoms with Crippen LogP contribution < -0.4 is 10.6 Å². The van der Waals surface area contributed by atoms with E-state index in [1.54, 1.807) is 0 Å². The van der Waals surface area contributed by atoms with Gasteiger partial charge in [0.1, 0.15) is 67.1 Å². The summed E-state index contributed by atoms with van der Waals surface area (Å²) >= 11 is 0. The predicted octanol–water partition coefficient (Wildman–Crippen LogP) is 4.17. The number of carboxylic acids is 1. The number of carbonyl (C=O) groups excluding carboxylic acids is 2. The van der Waals surface area contributed by atoms with Crippen molar-refractivity contribution in [2.75, 3.05) is 26.4 Å². The van der Waals surface area contributed by atoms with E-state index in [0.29, 0.717) is 19.3 Å². The first-order chi connectivity index (χ1) is 40.4. The first kappa shape index (κ1) is 76.0. The summed E-state index contributed by atoms with van der Waals surface area (Å²) in [4.78, 5) is 38.4. The fraction of sp³-hybridized carbons (Fsp3) is 0.951. The van der Waals surface area contributed by atoms with E-state index in [2.05, 4.69) is 24.5 Å². The van der Waals surface area contributed by atoms with E-state index >= 15 is 0 Å². The van der Waals surface area contributed by atoms with Gasteiger partial charge in [0.05, 0.1) is 50.7 Å². The normalized spacial score (nSPS) is 29.7. The molecule has 0 spiro atoms. The summed E-state index contributed by atoms with van der Waals surface area (Å²) in [5.41, 5.74) is 0. The molecule has 494 valence electrons. The van der Waals surface area contributed by atoms with Crippen LogP contribution in [-0.2, 0) is 42.8 Å². The topological polar surface area (TPSA) is 373 Å². The maximum Gasteiger partial charge on any atom is 0.364 e. The molecule has 0 aromatic carbocycles. The molecule has 84 heavy (non-hydrogen) atoms. The van der Waals surface area contributed by atoms with E-state index in [1.165, 1.54) is 135 Å². The molecule has 2 amide bonds. The lowest BCUT2D eigenvalue weighted by atomic mass is 9.88. The van der Waals surface area contributed by atoms with Crippen LogP contribution in [0.4, 0.5) is 0 Å². The molecule has 0 aromatic rings. The van der Waals surface area contributed by atoms with Crippen molar-refractivity contribution < 1.29 is 104 Å². The molecule has 0 aromatic heterocycles. The summed E-state index contributed by atoms with van der Waals surface area (Å²) in [7, 11) is 0. The Morgan fingerprint density at radius 1 is 0.571 bits per heavy atom. The number of rotatable bonds is 48. The first-order valence-corrected chi connectivity index (χ1v) is 32.4. The smallest absolute Gasteiger partial charge is 0.364 e. The molecular formula is C61H114N2O21. The van der Waals surface area contributed by atoms with Crippen LogP contribution >= 0.6 is 0 Å². The second-order valence-corrected chi connectivity index (χ2v) is 24.0. The van der Waals surface area contributed by atoms with E-state index in [-0.39, 0.29) is 18.9 Å². The number of amides is 2. The zero-order valence-corrected chi connectivity index (χ0v) is 51.0. The third-order valence-corrected chi connectivity index (χ3v) is 16.8. The molecule has 18 unspecified atom stereocenters. The second-order valence-electron chi connectivity index (χ2n) is 24.0. The van der Waals surface area contributed by atoms with Crippen molar-refractivity contribution in [3.8, 4) is 0 Å². The molecule has 3 fully saturated rings.